The van der Waals surface area contributed by atoms with Crippen LogP contribution in [0.5, 0.6) is 0 Å². The Hall–Kier alpha value is -4.57. The minimum absolute atomic E-state index is 0.252. The number of rotatable bonds is 8. The molecule has 3 N–H and O–H groups in total. The summed E-state index contributed by atoms with van der Waals surface area (Å²) in [5.41, 5.74) is 5.77. The molecule has 43 heavy (non-hydrogen) atoms. The second-order valence-corrected chi connectivity index (χ2v) is 13.2. The third-order valence-corrected chi connectivity index (χ3v) is 10.5. The first-order valence-electron chi connectivity index (χ1n) is 14.5. The van der Waals surface area contributed by atoms with E-state index in [2.05, 4.69) is 62.3 Å². The predicted molar refractivity (Wildman–Crippen MR) is 170 cm³/mol. The highest BCUT2D eigenvalue weighted by molar-refractivity contribution is 7.90. The van der Waals surface area contributed by atoms with E-state index in [1.54, 1.807) is 42.9 Å². The molecule has 2 aliphatic rings. The van der Waals surface area contributed by atoms with Crippen molar-refractivity contribution in [1.29, 1.82) is 0 Å². The van der Waals surface area contributed by atoms with Crippen LogP contribution in [0.3, 0.4) is 0 Å². The number of nitrogens with zero attached hydrogens (tertiary/aromatic N) is 3. The van der Waals surface area contributed by atoms with Crippen LogP contribution in [0.25, 0.3) is 32.9 Å². The average Bonchev–Trinajstić information content (AvgIpc) is 3.35. The Morgan fingerprint density at radius 1 is 0.837 bits per heavy atom. The monoisotopic (exact) mass is 586 g/mol. The number of hydrogen-bond acceptors (Lipinski definition) is 7. The maximum atomic E-state index is 13.2. The second-order valence-electron chi connectivity index (χ2n) is 11.4. The fourth-order valence-corrected chi connectivity index (χ4v) is 7.73. The van der Waals surface area contributed by atoms with Crippen molar-refractivity contribution in [1.82, 2.24) is 24.6 Å². The van der Waals surface area contributed by atoms with Crippen LogP contribution in [0.2, 0.25) is 0 Å². The van der Waals surface area contributed by atoms with Crippen LogP contribution < -0.4 is 16.0 Å². The third kappa shape index (κ3) is 4.75. The summed E-state index contributed by atoms with van der Waals surface area (Å²) in [5, 5.41) is 12.3. The van der Waals surface area contributed by atoms with Gasteiger partial charge in [-0.3, -0.25) is 0 Å². The van der Waals surface area contributed by atoms with Crippen molar-refractivity contribution in [3.63, 3.8) is 0 Å². The molecular weight excluding hydrogens is 556 g/mol. The van der Waals surface area contributed by atoms with Crippen molar-refractivity contribution in [2.24, 2.45) is 11.8 Å². The first-order chi connectivity index (χ1) is 21.0. The van der Waals surface area contributed by atoms with E-state index in [0.29, 0.717) is 17.4 Å². The van der Waals surface area contributed by atoms with Crippen LogP contribution in [0.1, 0.15) is 5.56 Å². The summed E-state index contributed by atoms with van der Waals surface area (Å²) in [6, 6.07) is 31.5. The first kappa shape index (κ1) is 26.1. The van der Waals surface area contributed by atoms with Crippen molar-refractivity contribution in [2.45, 2.75) is 17.5 Å². The van der Waals surface area contributed by atoms with Crippen LogP contribution in [-0.4, -0.2) is 41.5 Å². The standard InChI is InChI=1S/C34H30N6O2S/c41-43(42,27-4-2-1-3-5-27)40-15-14-25-16-26(11-13-32(25)40)39-34-28-17-24(10-12-31(28)37-21-38-34)23-8-6-22(7-9-23)18-36-33-29-19-35-20-30(29)33/h1-17,21,29-30,33,35-36H,18-20H2,(H,37,38,39). The number of fused-ring (bicyclic) bond motifs is 3. The smallest absolute Gasteiger partial charge is 0.268 e. The fraction of sp³-hybridized carbons (Fsp3) is 0.176. The summed E-state index contributed by atoms with van der Waals surface area (Å²) in [6.45, 7) is 3.18. The second kappa shape index (κ2) is 10.3. The highest BCUT2D eigenvalue weighted by Crippen LogP contribution is 2.41. The molecule has 1 saturated carbocycles. The van der Waals surface area contributed by atoms with Gasteiger partial charge in [-0.05, 0) is 90.1 Å². The van der Waals surface area contributed by atoms with Crippen molar-refractivity contribution in [2.75, 3.05) is 18.4 Å². The van der Waals surface area contributed by atoms with Gasteiger partial charge in [0.05, 0.1) is 15.9 Å². The number of aromatic nitrogens is 3. The van der Waals surface area contributed by atoms with Gasteiger partial charge in [0.2, 0.25) is 0 Å². The molecular formula is C34H30N6O2S. The summed E-state index contributed by atoms with van der Waals surface area (Å²) < 4.78 is 27.8. The van der Waals surface area contributed by atoms with Gasteiger partial charge in [-0.2, -0.15) is 0 Å². The van der Waals surface area contributed by atoms with Crippen LogP contribution in [0.15, 0.2) is 114 Å². The van der Waals surface area contributed by atoms with E-state index < -0.39 is 10.0 Å². The molecule has 0 spiro atoms. The molecule has 0 amide bonds. The van der Waals surface area contributed by atoms with E-state index in [0.717, 1.165) is 64.6 Å². The lowest BCUT2D eigenvalue weighted by Gasteiger charge is -2.12. The van der Waals surface area contributed by atoms with Gasteiger partial charge < -0.3 is 16.0 Å². The largest absolute Gasteiger partial charge is 0.340 e. The van der Waals surface area contributed by atoms with Crippen LogP contribution in [0.4, 0.5) is 11.5 Å². The molecule has 0 bridgehead atoms. The number of anilines is 2. The van der Waals surface area contributed by atoms with E-state index in [1.165, 1.54) is 9.54 Å². The van der Waals surface area contributed by atoms with Gasteiger partial charge in [0.1, 0.15) is 12.1 Å². The average molecular weight is 587 g/mol. The SMILES string of the molecule is O=S(=O)(c1ccccc1)n1ccc2cc(Nc3ncnc4ccc(-c5ccc(CNC6C7CNCC76)cc5)cc34)ccc21. The van der Waals surface area contributed by atoms with Crippen LogP contribution in [0, 0.1) is 11.8 Å². The lowest BCUT2D eigenvalue weighted by atomic mass is 10.0. The molecule has 3 heterocycles. The molecule has 9 heteroatoms. The summed E-state index contributed by atoms with van der Waals surface area (Å²) in [4.78, 5) is 9.28. The molecule has 2 unspecified atom stereocenters. The fourth-order valence-electron chi connectivity index (χ4n) is 6.35. The third-order valence-electron chi connectivity index (χ3n) is 8.77. The minimum Gasteiger partial charge on any atom is -0.340 e. The van der Waals surface area contributed by atoms with Gasteiger partial charge >= 0.3 is 0 Å². The molecule has 1 saturated heterocycles. The van der Waals surface area contributed by atoms with Crippen molar-refractivity contribution in [3.8, 4) is 11.1 Å². The zero-order chi connectivity index (χ0) is 29.0. The Morgan fingerprint density at radius 3 is 2.44 bits per heavy atom. The van der Waals surface area contributed by atoms with E-state index in [9.17, 15) is 8.42 Å². The highest BCUT2D eigenvalue weighted by Gasteiger charge is 2.52. The Balaban J connectivity index is 1.03. The van der Waals surface area contributed by atoms with Gasteiger partial charge in [0, 0.05) is 35.2 Å². The number of benzene rings is 4. The predicted octanol–water partition coefficient (Wildman–Crippen LogP) is 5.54. The summed E-state index contributed by atoms with van der Waals surface area (Å²) >= 11 is 0. The lowest BCUT2D eigenvalue weighted by Crippen LogP contribution is -2.27. The van der Waals surface area contributed by atoms with Crippen LogP contribution in [-0.2, 0) is 16.6 Å². The Morgan fingerprint density at radius 2 is 1.63 bits per heavy atom. The maximum Gasteiger partial charge on any atom is 0.268 e. The molecule has 4 aromatic carbocycles. The Kier molecular flexibility index (Phi) is 6.25. The topological polar surface area (TPSA) is 101 Å². The maximum absolute atomic E-state index is 13.2. The first-order valence-corrected chi connectivity index (χ1v) is 16.0. The molecule has 2 atom stereocenters. The minimum atomic E-state index is -3.69. The van der Waals surface area contributed by atoms with E-state index in [-0.39, 0.29) is 4.90 Å². The molecule has 8 rings (SSSR count). The quantitative estimate of drug-likeness (QED) is 0.215. The lowest BCUT2D eigenvalue weighted by molar-refractivity contribution is 0.566. The number of piperidine rings is 1. The number of nitrogens with one attached hydrogen (secondary N) is 3. The summed E-state index contributed by atoms with van der Waals surface area (Å²) in [7, 11) is -3.69. The van der Waals surface area contributed by atoms with Crippen molar-refractivity contribution < 1.29 is 8.42 Å². The molecule has 2 fully saturated rings. The molecule has 1 aliphatic carbocycles. The number of hydrogen-bond donors (Lipinski definition) is 3. The highest BCUT2D eigenvalue weighted by atomic mass is 32.2. The molecule has 1 aliphatic heterocycles. The Bertz CT molecular complexity index is 2070. The van der Waals surface area contributed by atoms with Gasteiger partial charge in [-0.25, -0.2) is 22.4 Å². The zero-order valence-electron chi connectivity index (χ0n) is 23.3. The molecule has 6 aromatic rings. The zero-order valence-corrected chi connectivity index (χ0v) is 24.1. The van der Waals surface area contributed by atoms with Gasteiger partial charge in [-0.1, -0.05) is 48.5 Å². The van der Waals surface area contributed by atoms with Gasteiger partial charge in [0.15, 0.2) is 0 Å². The van der Waals surface area contributed by atoms with Crippen molar-refractivity contribution >= 4 is 43.3 Å². The van der Waals surface area contributed by atoms with E-state index in [1.807, 2.05) is 30.3 Å². The van der Waals surface area contributed by atoms with Crippen molar-refractivity contribution in [3.05, 3.63) is 115 Å². The van der Waals surface area contributed by atoms with Gasteiger partial charge in [-0.15, -0.1) is 0 Å². The van der Waals surface area contributed by atoms with Crippen LogP contribution >= 0.6 is 0 Å². The summed E-state index contributed by atoms with van der Waals surface area (Å²) in [5.74, 6) is 2.30. The molecule has 214 valence electrons. The van der Waals surface area contributed by atoms with Gasteiger partial charge in [0.25, 0.3) is 10.0 Å². The van der Waals surface area contributed by atoms with E-state index >= 15 is 0 Å². The normalized spacial score (nSPS) is 19.5. The molecule has 2 aromatic heterocycles. The summed E-state index contributed by atoms with van der Waals surface area (Å²) in [6.07, 6.45) is 3.15. The molecule has 0 radical (unpaired) electrons. The van der Waals surface area contributed by atoms with E-state index in [4.69, 9.17) is 0 Å². The Labute approximate surface area is 249 Å². The molecule has 8 nitrogen and oxygen atoms in total.